The van der Waals surface area contributed by atoms with E-state index in [0.29, 0.717) is 18.4 Å². The Kier molecular flexibility index (Phi) is 9.53. The number of carbonyl (C=O) groups excluding carboxylic acids is 2. The zero-order valence-electron chi connectivity index (χ0n) is 14.5. The zero-order chi connectivity index (χ0) is 18.1. The van der Waals surface area contributed by atoms with Gasteiger partial charge in [-0.15, -0.1) is 17.3 Å². The van der Waals surface area contributed by atoms with E-state index in [-0.39, 0.29) is 25.4 Å². The smallest absolute Gasteiger partial charge is 0.328 e. The lowest BCUT2D eigenvalue weighted by Crippen LogP contribution is -2.49. The predicted octanol–water partition coefficient (Wildman–Crippen LogP) is 2.09. The van der Waals surface area contributed by atoms with Gasteiger partial charge in [0.25, 0.3) is 5.91 Å². The van der Waals surface area contributed by atoms with E-state index in [1.54, 1.807) is 25.3 Å². The number of aromatic nitrogens is 1. The number of esters is 1. The molecule has 144 valence electrons. The van der Waals surface area contributed by atoms with Crippen LogP contribution in [0.4, 0.5) is 0 Å². The zero-order valence-corrected chi connectivity index (χ0v) is 16.1. The molecule has 1 fully saturated rings. The molecule has 1 amide bonds. The van der Waals surface area contributed by atoms with E-state index in [1.165, 1.54) is 6.20 Å². The van der Waals surface area contributed by atoms with Gasteiger partial charge in [0.05, 0.1) is 12.2 Å². The first-order valence-corrected chi connectivity index (χ1v) is 8.96. The Hall–Kier alpha value is -1.71. The summed E-state index contributed by atoms with van der Waals surface area (Å²) >= 11 is 0.944. The molecular formula is C16H23ClN4O4S. The SMILES string of the molecule is CCOC(=O)C(CC1(SN=O)CCNCC1)NC(=O)c1cccnc1.Cl. The van der Waals surface area contributed by atoms with Gasteiger partial charge in [0.15, 0.2) is 0 Å². The van der Waals surface area contributed by atoms with E-state index in [1.807, 2.05) is 0 Å². The van der Waals surface area contributed by atoms with Crippen LogP contribution in [0, 0.1) is 4.91 Å². The highest BCUT2D eigenvalue weighted by molar-refractivity contribution is 7.99. The molecule has 0 spiro atoms. The van der Waals surface area contributed by atoms with Crippen molar-refractivity contribution in [2.75, 3.05) is 19.7 Å². The quantitative estimate of drug-likeness (QED) is 0.389. The van der Waals surface area contributed by atoms with Crippen molar-refractivity contribution in [1.29, 1.82) is 0 Å². The van der Waals surface area contributed by atoms with Crippen LogP contribution < -0.4 is 10.6 Å². The molecule has 2 N–H and O–H groups in total. The molecule has 2 heterocycles. The van der Waals surface area contributed by atoms with Gasteiger partial charge in [-0.05, 0) is 51.4 Å². The maximum atomic E-state index is 12.4. The first-order chi connectivity index (χ1) is 12.1. The van der Waals surface area contributed by atoms with Crippen LogP contribution in [0.15, 0.2) is 29.1 Å². The Bertz CT molecular complexity index is 599. The van der Waals surface area contributed by atoms with Crippen molar-refractivity contribution < 1.29 is 14.3 Å². The number of carbonyl (C=O) groups is 2. The molecule has 0 radical (unpaired) electrons. The van der Waals surface area contributed by atoms with E-state index in [9.17, 15) is 14.5 Å². The number of rotatable bonds is 8. The molecule has 1 saturated heterocycles. The van der Waals surface area contributed by atoms with Crippen molar-refractivity contribution in [3.05, 3.63) is 35.0 Å². The van der Waals surface area contributed by atoms with Gasteiger partial charge in [-0.25, -0.2) is 4.79 Å². The maximum absolute atomic E-state index is 12.4. The number of nitrogens with one attached hydrogen (secondary N) is 2. The number of pyridine rings is 1. The van der Waals surface area contributed by atoms with Gasteiger partial charge in [0.1, 0.15) is 6.04 Å². The summed E-state index contributed by atoms with van der Waals surface area (Å²) in [5, 5.41) is 5.94. The first-order valence-electron chi connectivity index (χ1n) is 8.19. The number of piperidine rings is 1. The standard InChI is InChI=1S/C16H22N4O4S.ClH/c1-2-24-15(22)13(19-14(21)12-4-3-7-18-11-12)10-16(25-20-23)5-8-17-9-6-16;/h3-4,7,11,13,17H,2,5-6,8-10H2,1H3,(H,19,21);1H. The molecule has 0 bridgehead atoms. The fourth-order valence-electron chi connectivity index (χ4n) is 2.84. The van der Waals surface area contributed by atoms with Gasteiger partial charge in [-0.1, -0.05) is 0 Å². The van der Waals surface area contributed by atoms with E-state index in [4.69, 9.17) is 4.74 Å². The lowest BCUT2D eigenvalue weighted by molar-refractivity contribution is -0.145. The second kappa shape index (κ2) is 11.1. The third-order valence-electron chi connectivity index (χ3n) is 4.12. The highest BCUT2D eigenvalue weighted by Crippen LogP contribution is 2.39. The molecule has 1 atom stereocenters. The van der Waals surface area contributed by atoms with Gasteiger partial charge in [-0.2, -0.15) is 0 Å². The molecule has 0 aromatic carbocycles. The normalized spacial score (nSPS) is 16.7. The van der Waals surface area contributed by atoms with Crippen LogP contribution in [0.2, 0.25) is 0 Å². The fraction of sp³-hybridized carbons (Fsp3) is 0.562. The molecular weight excluding hydrogens is 380 g/mol. The van der Waals surface area contributed by atoms with Crippen LogP contribution in [-0.4, -0.2) is 47.3 Å². The lowest BCUT2D eigenvalue weighted by Gasteiger charge is -2.36. The summed E-state index contributed by atoms with van der Waals surface area (Å²) in [7, 11) is 0. The minimum atomic E-state index is -0.847. The second-order valence-corrected chi connectivity index (χ2v) is 7.02. The molecule has 0 aliphatic carbocycles. The van der Waals surface area contributed by atoms with Crippen molar-refractivity contribution in [2.24, 2.45) is 4.58 Å². The summed E-state index contributed by atoms with van der Waals surface area (Å²) in [4.78, 5) is 39.5. The van der Waals surface area contributed by atoms with Crippen molar-refractivity contribution in [3.8, 4) is 0 Å². The van der Waals surface area contributed by atoms with Gasteiger partial charge < -0.3 is 15.4 Å². The Labute approximate surface area is 162 Å². The summed E-state index contributed by atoms with van der Waals surface area (Å²) in [6.45, 7) is 3.38. The van der Waals surface area contributed by atoms with E-state index >= 15 is 0 Å². The van der Waals surface area contributed by atoms with Crippen molar-refractivity contribution in [2.45, 2.75) is 37.0 Å². The monoisotopic (exact) mass is 402 g/mol. The first kappa shape index (κ1) is 22.3. The van der Waals surface area contributed by atoms with Crippen LogP contribution >= 0.6 is 24.4 Å². The van der Waals surface area contributed by atoms with Crippen LogP contribution in [0.3, 0.4) is 0 Å². The highest BCUT2D eigenvalue weighted by Gasteiger charge is 2.39. The topological polar surface area (TPSA) is 110 Å². The third kappa shape index (κ3) is 6.22. The minimum Gasteiger partial charge on any atom is -0.464 e. The summed E-state index contributed by atoms with van der Waals surface area (Å²) in [6.07, 6.45) is 4.65. The maximum Gasteiger partial charge on any atom is 0.328 e. The molecule has 1 aromatic heterocycles. The molecule has 26 heavy (non-hydrogen) atoms. The summed E-state index contributed by atoms with van der Waals surface area (Å²) in [5.41, 5.74) is 0.359. The van der Waals surface area contributed by atoms with Crippen LogP contribution in [0.25, 0.3) is 0 Å². The average molecular weight is 403 g/mol. The number of ether oxygens (including phenoxy) is 1. The number of nitrogens with zero attached hydrogens (tertiary/aromatic N) is 2. The van der Waals surface area contributed by atoms with Crippen LogP contribution in [0.5, 0.6) is 0 Å². The molecule has 1 aromatic rings. The Morgan fingerprint density at radius 1 is 1.46 bits per heavy atom. The van der Waals surface area contributed by atoms with Crippen molar-refractivity contribution in [1.82, 2.24) is 15.6 Å². The van der Waals surface area contributed by atoms with E-state index < -0.39 is 22.7 Å². The Morgan fingerprint density at radius 2 is 2.19 bits per heavy atom. The molecule has 2 rings (SSSR count). The fourth-order valence-corrected chi connectivity index (χ4v) is 3.63. The summed E-state index contributed by atoms with van der Waals surface area (Å²) in [5.74, 6) is -0.913. The van der Waals surface area contributed by atoms with Gasteiger partial charge >= 0.3 is 5.97 Å². The number of nitroso groups, excluding NO2 is 1. The Morgan fingerprint density at radius 3 is 2.77 bits per heavy atom. The molecule has 1 aliphatic heterocycles. The van der Waals surface area contributed by atoms with E-state index in [0.717, 1.165) is 25.0 Å². The van der Waals surface area contributed by atoms with Crippen LogP contribution in [0.1, 0.15) is 36.5 Å². The van der Waals surface area contributed by atoms with Crippen molar-refractivity contribution in [3.63, 3.8) is 0 Å². The lowest BCUT2D eigenvalue weighted by atomic mass is 9.89. The number of amides is 1. The van der Waals surface area contributed by atoms with Gasteiger partial charge in [0, 0.05) is 33.7 Å². The molecule has 1 aliphatic rings. The molecule has 8 nitrogen and oxygen atoms in total. The third-order valence-corrected chi connectivity index (χ3v) is 5.16. The summed E-state index contributed by atoms with van der Waals surface area (Å²) in [6, 6.07) is 2.42. The summed E-state index contributed by atoms with van der Waals surface area (Å²) < 4.78 is 7.60. The van der Waals surface area contributed by atoms with Gasteiger partial charge in [0.2, 0.25) is 0 Å². The average Bonchev–Trinajstić information content (AvgIpc) is 2.63. The largest absolute Gasteiger partial charge is 0.464 e. The second-order valence-electron chi connectivity index (χ2n) is 5.82. The minimum absolute atomic E-state index is 0. The van der Waals surface area contributed by atoms with Crippen LogP contribution in [-0.2, 0) is 9.53 Å². The number of halogens is 1. The highest BCUT2D eigenvalue weighted by atomic mass is 35.5. The number of hydrogen-bond donors (Lipinski definition) is 2. The van der Waals surface area contributed by atoms with Crippen molar-refractivity contribution >= 4 is 36.2 Å². The molecule has 10 heteroatoms. The Balaban J connectivity index is 0.00000338. The number of hydrogen-bond acceptors (Lipinski definition) is 8. The van der Waals surface area contributed by atoms with E-state index in [2.05, 4.69) is 20.2 Å². The molecule has 1 unspecified atom stereocenters. The predicted molar refractivity (Wildman–Crippen MR) is 102 cm³/mol. The molecule has 0 saturated carbocycles. The van der Waals surface area contributed by atoms with Gasteiger partial charge in [-0.3, -0.25) is 9.78 Å².